The third-order valence-corrected chi connectivity index (χ3v) is 2.67. The fraction of sp³-hybridized carbons (Fsp3) is 0.429. The maximum absolute atomic E-state index is 4.48. The van der Waals surface area contributed by atoms with Crippen LogP contribution in [-0.4, -0.2) is 21.0 Å². The van der Waals surface area contributed by atoms with Crippen molar-refractivity contribution in [3.05, 3.63) is 41.2 Å². The van der Waals surface area contributed by atoms with Gasteiger partial charge in [-0.3, -0.25) is 0 Å². The summed E-state index contributed by atoms with van der Waals surface area (Å²) in [6.07, 6.45) is 1.81. The highest BCUT2D eigenvalue weighted by Gasteiger charge is 2.04. The number of rotatable bonds is 4. The van der Waals surface area contributed by atoms with E-state index >= 15 is 0 Å². The van der Waals surface area contributed by atoms with Crippen molar-refractivity contribution in [2.75, 3.05) is 0 Å². The van der Waals surface area contributed by atoms with Gasteiger partial charge in [-0.05, 0) is 37.1 Å². The Labute approximate surface area is 108 Å². The molecule has 0 saturated carbocycles. The van der Waals surface area contributed by atoms with Crippen molar-refractivity contribution >= 4 is 0 Å². The molecule has 0 saturated heterocycles. The van der Waals surface area contributed by atoms with Crippen molar-refractivity contribution < 1.29 is 0 Å². The number of benzene rings is 1. The molecule has 0 atom stereocenters. The van der Waals surface area contributed by atoms with Gasteiger partial charge in [0.15, 0.2) is 0 Å². The molecule has 18 heavy (non-hydrogen) atoms. The van der Waals surface area contributed by atoms with E-state index in [2.05, 4.69) is 61.4 Å². The third kappa shape index (κ3) is 3.17. The molecule has 1 N–H and O–H groups in total. The molecule has 4 heteroatoms. The molecule has 2 rings (SSSR count). The largest absolute Gasteiger partial charge is 0.309 e. The van der Waals surface area contributed by atoms with E-state index in [-0.39, 0.29) is 0 Å². The Morgan fingerprint density at radius 1 is 1.17 bits per heavy atom. The van der Waals surface area contributed by atoms with E-state index in [1.807, 2.05) is 6.20 Å². The van der Waals surface area contributed by atoms with Crippen LogP contribution in [0.3, 0.4) is 0 Å². The Bertz CT molecular complexity index is 508. The molecule has 1 aromatic heterocycles. The SMILES string of the molecule is Cc1cc(C)cc(-n2ncc(CNC(C)C)n2)c1. The molecule has 0 spiro atoms. The normalized spacial score (nSPS) is 11.2. The van der Waals surface area contributed by atoms with Crippen LogP contribution in [0.2, 0.25) is 0 Å². The van der Waals surface area contributed by atoms with Crippen LogP contribution in [0, 0.1) is 13.8 Å². The van der Waals surface area contributed by atoms with Gasteiger partial charge in [0.2, 0.25) is 0 Å². The van der Waals surface area contributed by atoms with E-state index in [1.165, 1.54) is 11.1 Å². The second kappa shape index (κ2) is 5.31. The summed E-state index contributed by atoms with van der Waals surface area (Å²) in [7, 11) is 0. The number of aromatic nitrogens is 3. The number of aryl methyl sites for hydroxylation is 2. The van der Waals surface area contributed by atoms with E-state index in [9.17, 15) is 0 Å². The lowest BCUT2D eigenvalue weighted by molar-refractivity contribution is 0.577. The molecular formula is C14H20N4. The maximum Gasteiger partial charge on any atom is 0.0969 e. The molecular weight excluding hydrogens is 224 g/mol. The summed E-state index contributed by atoms with van der Waals surface area (Å²) in [5.74, 6) is 0. The smallest absolute Gasteiger partial charge is 0.0969 e. The molecule has 1 aromatic carbocycles. The van der Waals surface area contributed by atoms with Crippen LogP contribution in [0.4, 0.5) is 0 Å². The zero-order valence-corrected chi connectivity index (χ0v) is 11.4. The number of hydrogen-bond acceptors (Lipinski definition) is 3. The molecule has 0 bridgehead atoms. The maximum atomic E-state index is 4.48. The van der Waals surface area contributed by atoms with Crippen LogP contribution >= 0.6 is 0 Å². The van der Waals surface area contributed by atoms with Crippen LogP contribution in [0.5, 0.6) is 0 Å². The molecule has 0 unspecified atom stereocenters. The lowest BCUT2D eigenvalue weighted by Gasteiger charge is -2.05. The van der Waals surface area contributed by atoms with Crippen molar-refractivity contribution in [1.82, 2.24) is 20.3 Å². The average Bonchev–Trinajstić information content (AvgIpc) is 2.73. The van der Waals surface area contributed by atoms with Crippen molar-refractivity contribution in [1.29, 1.82) is 0 Å². The predicted octanol–water partition coefficient (Wildman–Crippen LogP) is 2.38. The predicted molar refractivity (Wildman–Crippen MR) is 72.8 cm³/mol. The molecule has 0 aliphatic carbocycles. The van der Waals surface area contributed by atoms with Gasteiger partial charge in [0.05, 0.1) is 17.6 Å². The first-order chi connectivity index (χ1) is 8.54. The van der Waals surface area contributed by atoms with Crippen LogP contribution in [-0.2, 0) is 6.54 Å². The summed E-state index contributed by atoms with van der Waals surface area (Å²) in [4.78, 5) is 1.69. The average molecular weight is 244 g/mol. The first-order valence-corrected chi connectivity index (χ1v) is 6.28. The Morgan fingerprint density at radius 2 is 1.83 bits per heavy atom. The molecule has 0 fully saturated rings. The third-order valence-electron chi connectivity index (χ3n) is 2.67. The highest BCUT2D eigenvalue weighted by atomic mass is 15.5. The second-order valence-corrected chi connectivity index (χ2v) is 5.01. The van der Waals surface area contributed by atoms with E-state index in [0.29, 0.717) is 6.04 Å². The molecule has 96 valence electrons. The van der Waals surface area contributed by atoms with Gasteiger partial charge in [-0.1, -0.05) is 19.9 Å². The molecule has 1 heterocycles. The first kappa shape index (κ1) is 12.8. The molecule has 0 radical (unpaired) electrons. The van der Waals surface area contributed by atoms with E-state index in [1.54, 1.807) is 4.80 Å². The molecule has 0 aliphatic heterocycles. The van der Waals surface area contributed by atoms with E-state index < -0.39 is 0 Å². The number of nitrogens with zero attached hydrogens (tertiary/aromatic N) is 3. The topological polar surface area (TPSA) is 42.7 Å². The van der Waals surface area contributed by atoms with Crippen molar-refractivity contribution in [3.63, 3.8) is 0 Å². The van der Waals surface area contributed by atoms with Gasteiger partial charge in [0.25, 0.3) is 0 Å². The second-order valence-electron chi connectivity index (χ2n) is 5.01. The van der Waals surface area contributed by atoms with Gasteiger partial charge in [-0.25, -0.2) is 0 Å². The summed E-state index contributed by atoms with van der Waals surface area (Å²) in [6, 6.07) is 6.78. The molecule has 0 amide bonds. The molecule has 2 aromatic rings. The number of hydrogen-bond donors (Lipinski definition) is 1. The van der Waals surface area contributed by atoms with Crippen LogP contribution in [0.15, 0.2) is 24.4 Å². The van der Waals surface area contributed by atoms with Crippen molar-refractivity contribution in [2.24, 2.45) is 0 Å². The Hall–Kier alpha value is -1.68. The number of nitrogens with one attached hydrogen (secondary N) is 1. The van der Waals surface area contributed by atoms with Crippen molar-refractivity contribution in [2.45, 2.75) is 40.3 Å². The molecule has 0 aliphatic rings. The summed E-state index contributed by atoms with van der Waals surface area (Å²) in [5, 5.41) is 12.1. The monoisotopic (exact) mass is 244 g/mol. The zero-order valence-electron chi connectivity index (χ0n) is 11.4. The highest BCUT2D eigenvalue weighted by molar-refractivity contribution is 5.37. The molecule has 4 nitrogen and oxygen atoms in total. The van der Waals surface area contributed by atoms with Crippen LogP contribution < -0.4 is 5.32 Å². The summed E-state index contributed by atoms with van der Waals surface area (Å²) in [6.45, 7) is 9.16. The zero-order chi connectivity index (χ0) is 13.1. The minimum Gasteiger partial charge on any atom is -0.309 e. The summed E-state index contributed by atoms with van der Waals surface area (Å²) >= 11 is 0. The van der Waals surface area contributed by atoms with E-state index in [0.717, 1.165) is 17.9 Å². The Balaban J connectivity index is 2.18. The quantitative estimate of drug-likeness (QED) is 0.898. The van der Waals surface area contributed by atoms with Crippen molar-refractivity contribution in [3.8, 4) is 5.69 Å². The lowest BCUT2D eigenvalue weighted by Crippen LogP contribution is -2.22. The van der Waals surface area contributed by atoms with Gasteiger partial charge >= 0.3 is 0 Å². The fourth-order valence-electron chi connectivity index (χ4n) is 1.87. The van der Waals surface area contributed by atoms with Gasteiger partial charge < -0.3 is 5.32 Å². The minimum atomic E-state index is 0.455. The van der Waals surface area contributed by atoms with Crippen LogP contribution in [0.1, 0.15) is 30.7 Å². The standard InChI is InChI=1S/C14H20N4/c1-10(2)15-8-13-9-16-18(17-13)14-6-11(3)5-12(4)7-14/h5-7,9-10,15H,8H2,1-4H3. The highest BCUT2D eigenvalue weighted by Crippen LogP contribution is 2.12. The summed E-state index contributed by atoms with van der Waals surface area (Å²) in [5.41, 5.74) is 4.43. The van der Waals surface area contributed by atoms with Gasteiger partial charge in [0, 0.05) is 12.6 Å². The minimum absolute atomic E-state index is 0.455. The Kier molecular flexibility index (Phi) is 3.77. The fourth-order valence-corrected chi connectivity index (χ4v) is 1.87. The Morgan fingerprint density at radius 3 is 2.44 bits per heavy atom. The van der Waals surface area contributed by atoms with Gasteiger partial charge in [-0.2, -0.15) is 15.0 Å². The summed E-state index contributed by atoms with van der Waals surface area (Å²) < 4.78 is 0. The van der Waals surface area contributed by atoms with Crippen LogP contribution in [0.25, 0.3) is 5.69 Å². The first-order valence-electron chi connectivity index (χ1n) is 6.28. The van der Waals surface area contributed by atoms with E-state index in [4.69, 9.17) is 0 Å². The van der Waals surface area contributed by atoms with Gasteiger partial charge in [0.1, 0.15) is 0 Å². The van der Waals surface area contributed by atoms with Gasteiger partial charge in [-0.15, -0.1) is 0 Å². The lowest BCUT2D eigenvalue weighted by atomic mass is 10.1.